The van der Waals surface area contributed by atoms with Gasteiger partial charge >= 0.3 is 0 Å². The molecule has 7 nitrogen and oxygen atoms in total. The molecule has 0 aliphatic rings. The maximum absolute atomic E-state index is 14.1. The fraction of sp³-hybridized carbons (Fsp3) is 0.310. The van der Waals surface area contributed by atoms with E-state index in [0.29, 0.717) is 39.2 Å². The minimum absolute atomic E-state index is 0.0159. The Hall–Kier alpha value is -2.78. The first kappa shape index (κ1) is 31.7. The van der Waals surface area contributed by atoms with Crippen molar-refractivity contribution < 1.29 is 18.0 Å². The lowest BCUT2D eigenvalue weighted by Crippen LogP contribution is -2.52. The predicted molar refractivity (Wildman–Crippen MR) is 162 cm³/mol. The van der Waals surface area contributed by atoms with E-state index in [2.05, 4.69) is 5.32 Å². The molecule has 3 rings (SSSR count). The summed E-state index contributed by atoms with van der Waals surface area (Å²) in [6.45, 7) is 5.30. The molecular weight excluding hydrogens is 593 g/mol. The van der Waals surface area contributed by atoms with Crippen LogP contribution in [0.2, 0.25) is 15.1 Å². The number of rotatable bonds is 12. The van der Waals surface area contributed by atoms with Gasteiger partial charge in [0.2, 0.25) is 11.8 Å². The monoisotopic (exact) mass is 623 g/mol. The summed E-state index contributed by atoms with van der Waals surface area (Å²) in [5.41, 5.74) is 1.44. The van der Waals surface area contributed by atoms with Gasteiger partial charge in [0.15, 0.2) is 0 Å². The molecule has 3 aromatic carbocycles. The number of aryl methyl sites for hydroxylation is 1. The van der Waals surface area contributed by atoms with Gasteiger partial charge in [-0.05, 0) is 67.3 Å². The molecule has 0 aromatic heterocycles. The van der Waals surface area contributed by atoms with E-state index in [-0.39, 0.29) is 23.0 Å². The highest BCUT2D eigenvalue weighted by atomic mass is 35.5. The molecule has 11 heteroatoms. The summed E-state index contributed by atoms with van der Waals surface area (Å²) in [5, 5.41) is 3.92. The lowest BCUT2D eigenvalue weighted by atomic mass is 10.1. The number of halogens is 3. The van der Waals surface area contributed by atoms with Crippen LogP contribution in [0.5, 0.6) is 0 Å². The smallest absolute Gasteiger partial charge is 0.264 e. The Bertz CT molecular complexity index is 1450. The second kappa shape index (κ2) is 14.2. The summed E-state index contributed by atoms with van der Waals surface area (Å²) in [7, 11) is -4.19. The fourth-order valence-electron chi connectivity index (χ4n) is 4.20. The highest BCUT2D eigenvalue weighted by Gasteiger charge is 2.34. The van der Waals surface area contributed by atoms with Crippen LogP contribution in [0, 0.1) is 6.92 Å². The molecule has 3 aromatic rings. The summed E-state index contributed by atoms with van der Waals surface area (Å²) >= 11 is 18.8. The standard InChI is InChI=1S/C29H32Cl3N3O4S/c1-4-15-33-29(37)26(5-2)34(18-21-12-14-22(30)16-25(21)32)28(36)19-35(27-17-23(31)13-11-20(27)3)40(38,39)24-9-7-6-8-10-24/h6-14,16-17,26H,4-5,15,18-19H2,1-3H3,(H,33,37). The number of hydrogen-bond acceptors (Lipinski definition) is 4. The van der Waals surface area contributed by atoms with E-state index in [9.17, 15) is 18.0 Å². The van der Waals surface area contributed by atoms with Gasteiger partial charge in [-0.2, -0.15) is 0 Å². The van der Waals surface area contributed by atoms with Gasteiger partial charge < -0.3 is 10.2 Å². The summed E-state index contributed by atoms with van der Waals surface area (Å²) < 4.78 is 28.9. The van der Waals surface area contributed by atoms with Crippen LogP contribution in [0.1, 0.15) is 37.8 Å². The molecular formula is C29H32Cl3N3O4S. The number of sulfonamides is 1. The van der Waals surface area contributed by atoms with Crippen molar-refractivity contribution in [3.8, 4) is 0 Å². The van der Waals surface area contributed by atoms with Gasteiger partial charge in [-0.25, -0.2) is 8.42 Å². The molecule has 0 aliphatic carbocycles. The van der Waals surface area contributed by atoms with Crippen molar-refractivity contribution in [3.63, 3.8) is 0 Å². The largest absolute Gasteiger partial charge is 0.354 e. The third kappa shape index (κ3) is 7.69. The van der Waals surface area contributed by atoms with Gasteiger partial charge in [-0.1, -0.05) is 79.0 Å². The van der Waals surface area contributed by atoms with Crippen molar-refractivity contribution in [2.24, 2.45) is 0 Å². The van der Waals surface area contributed by atoms with Crippen LogP contribution >= 0.6 is 34.8 Å². The van der Waals surface area contributed by atoms with E-state index < -0.39 is 28.5 Å². The second-order valence-corrected chi connectivity index (χ2v) is 12.4. The maximum atomic E-state index is 14.1. The zero-order valence-electron chi connectivity index (χ0n) is 22.5. The Balaban J connectivity index is 2.10. The fourth-order valence-corrected chi connectivity index (χ4v) is 6.33. The molecule has 0 aliphatic heterocycles. The third-order valence-corrected chi connectivity index (χ3v) is 8.94. The molecule has 0 saturated carbocycles. The zero-order valence-corrected chi connectivity index (χ0v) is 25.6. The van der Waals surface area contributed by atoms with E-state index in [1.165, 1.54) is 23.1 Å². The van der Waals surface area contributed by atoms with Crippen LogP contribution in [0.3, 0.4) is 0 Å². The van der Waals surface area contributed by atoms with Gasteiger partial charge in [-0.15, -0.1) is 0 Å². The SMILES string of the molecule is CCCNC(=O)C(CC)N(Cc1ccc(Cl)cc1Cl)C(=O)CN(c1cc(Cl)ccc1C)S(=O)(=O)c1ccccc1. The van der Waals surface area contributed by atoms with Gasteiger partial charge in [0.25, 0.3) is 10.0 Å². The number of carbonyl (C=O) groups excluding carboxylic acids is 2. The molecule has 0 fully saturated rings. The van der Waals surface area contributed by atoms with Crippen molar-refractivity contribution in [1.29, 1.82) is 0 Å². The molecule has 214 valence electrons. The van der Waals surface area contributed by atoms with E-state index in [1.54, 1.807) is 62.4 Å². The first-order chi connectivity index (χ1) is 19.0. The van der Waals surface area contributed by atoms with E-state index in [4.69, 9.17) is 34.8 Å². The molecule has 1 unspecified atom stereocenters. The molecule has 1 atom stereocenters. The Labute approximate surface area is 251 Å². The van der Waals surface area contributed by atoms with Crippen molar-refractivity contribution >= 4 is 62.3 Å². The van der Waals surface area contributed by atoms with Crippen LogP contribution in [0.4, 0.5) is 5.69 Å². The second-order valence-electron chi connectivity index (χ2n) is 9.23. The van der Waals surface area contributed by atoms with E-state index >= 15 is 0 Å². The van der Waals surface area contributed by atoms with Gasteiger partial charge in [0.05, 0.1) is 10.6 Å². The Morgan fingerprint density at radius 3 is 2.20 bits per heavy atom. The van der Waals surface area contributed by atoms with Crippen LogP contribution in [0.25, 0.3) is 0 Å². The van der Waals surface area contributed by atoms with Gasteiger partial charge in [0.1, 0.15) is 12.6 Å². The Kier molecular flexibility index (Phi) is 11.3. The highest BCUT2D eigenvalue weighted by molar-refractivity contribution is 7.92. The van der Waals surface area contributed by atoms with Crippen molar-refractivity contribution in [3.05, 3.63) is 92.9 Å². The highest BCUT2D eigenvalue weighted by Crippen LogP contribution is 2.30. The number of nitrogens with zero attached hydrogens (tertiary/aromatic N) is 2. The third-order valence-electron chi connectivity index (χ3n) is 6.34. The molecule has 1 N–H and O–H groups in total. The Morgan fingerprint density at radius 2 is 1.57 bits per heavy atom. The number of carbonyl (C=O) groups is 2. The molecule has 2 amide bonds. The summed E-state index contributed by atoms with van der Waals surface area (Å²) in [6.07, 6.45) is 1.02. The number of anilines is 1. The molecule has 0 heterocycles. The van der Waals surface area contributed by atoms with Crippen LogP contribution in [-0.4, -0.2) is 44.3 Å². The lowest BCUT2D eigenvalue weighted by molar-refractivity contribution is -0.140. The summed E-state index contributed by atoms with van der Waals surface area (Å²) in [5.74, 6) is -0.914. The Morgan fingerprint density at radius 1 is 0.925 bits per heavy atom. The van der Waals surface area contributed by atoms with E-state index in [0.717, 1.165) is 10.7 Å². The predicted octanol–water partition coefficient (Wildman–Crippen LogP) is 6.48. The number of benzene rings is 3. The molecule has 40 heavy (non-hydrogen) atoms. The lowest BCUT2D eigenvalue weighted by Gasteiger charge is -2.33. The van der Waals surface area contributed by atoms with E-state index in [1.807, 2.05) is 6.92 Å². The van der Waals surface area contributed by atoms with Gasteiger partial charge in [0, 0.05) is 28.2 Å². The van der Waals surface area contributed by atoms with Crippen molar-refractivity contribution in [1.82, 2.24) is 10.2 Å². The maximum Gasteiger partial charge on any atom is 0.264 e. The molecule has 0 saturated heterocycles. The first-order valence-electron chi connectivity index (χ1n) is 12.8. The number of amides is 2. The van der Waals surface area contributed by atoms with Crippen LogP contribution in [-0.2, 0) is 26.2 Å². The topological polar surface area (TPSA) is 86.8 Å². The average Bonchev–Trinajstić information content (AvgIpc) is 2.93. The summed E-state index contributed by atoms with van der Waals surface area (Å²) in [4.78, 5) is 28.7. The van der Waals surface area contributed by atoms with Crippen molar-refractivity contribution in [2.75, 3.05) is 17.4 Å². The molecule has 0 spiro atoms. The van der Waals surface area contributed by atoms with Crippen LogP contribution in [0.15, 0.2) is 71.6 Å². The number of nitrogens with one attached hydrogen (secondary N) is 1. The number of hydrogen-bond donors (Lipinski definition) is 1. The average molecular weight is 625 g/mol. The first-order valence-corrected chi connectivity index (χ1v) is 15.4. The van der Waals surface area contributed by atoms with Crippen LogP contribution < -0.4 is 9.62 Å². The minimum atomic E-state index is -4.19. The normalized spacial score (nSPS) is 12.1. The zero-order chi connectivity index (χ0) is 29.4. The van der Waals surface area contributed by atoms with Crippen molar-refractivity contribution in [2.45, 2.75) is 51.1 Å². The molecule has 0 bridgehead atoms. The quantitative estimate of drug-likeness (QED) is 0.250. The summed E-state index contributed by atoms with van der Waals surface area (Å²) in [6, 6.07) is 16.7. The minimum Gasteiger partial charge on any atom is -0.354 e. The van der Waals surface area contributed by atoms with Gasteiger partial charge in [-0.3, -0.25) is 13.9 Å². The molecule has 0 radical (unpaired) electrons.